The Bertz CT molecular complexity index is 480. The molecule has 0 amide bonds. The van der Waals surface area contributed by atoms with E-state index in [1.807, 2.05) is 19.1 Å². The summed E-state index contributed by atoms with van der Waals surface area (Å²) >= 11 is 3.27. The largest absolute Gasteiger partial charge is 0.453 e. The molecule has 0 radical (unpaired) electrons. The fraction of sp³-hybridized carbons (Fsp3) is 0.231. The topological polar surface area (TPSA) is 25.2 Å². The smallest absolute Gasteiger partial charge is 0.169 e. The lowest BCUT2D eigenvalue weighted by Gasteiger charge is -2.11. The molecule has 1 aromatic carbocycles. The molecule has 90 valence electrons. The first-order chi connectivity index (χ1) is 8.15. The van der Waals surface area contributed by atoms with Crippen molar-refractivity contribution in [3.63, 3.8) is 0 Å². The molecule has 1 unspecified atom stereocenters. The molecule has 17 heavy (non-hydrogen) atoms. The average molecular weight is 298 g/mol. The van der Waals surface area contributed by atoms with Crippen molar-refractivity contribution >= 4 is 15.9 Å². The van der Waals surface area contributed by atoms with Gasteiger partial charge in [-0.3, -0.25) is 0 Å². The van der Waals surface area contributed by atoms with Gasteiger partial charge >= 0.3 is 0 Å². The fourth-order valence-electron chi connectivity index (χ4n) is 1.53. The van der Waals surface area contributed by atoms with Crippen LogP contribution < -0.4 is 5.32 Å². The first kappa shape index (κ1) is 12.3. The molecule has 0 aliphatic carbocycles. The third-order valence-corrected chi connectivity index (χ3v) is 2.97. The van der Waals surface area contributed by atoms with Gasteiger partial charge in [-0.05, 0) is 52.7 Å². The van der Waals surface area contributed by atoms with E-state index in [0.717, 1.165) is 16.0 Å². The molecule has 0 saturated heterocycles. The predicted octanol–water partition coefficient (Wildman–Crippen LogP) is 4.03. The summed E-state index contributed by atoms with van der Waals surface area (Å²) in [6.45, 7) is 2.70. The first-order valence-corrected chi connectivity index (χ1v) is 6.17. The zero-order valence-corrected chi connectivity index (χ0v) is 11.0. The van der Waals surface area contributed by atoms with E-state index < -0.39 is 0 Å². The third kappa shape index (κ3) is 3.41. The van der Waals surface area contributed by atoms with Crippen molar-refractivity contribution < 1.29 is 8.81 Å². The number of halogens is 2. The van der Waals surface area contributed by atoms with E-state index in [9.17, 15) is 4.39 Å². The van der Waals surface area contributed by atoms with Crippen LogP contribution in [-0.4, -0.2) is 0 Å². The van der Waals surface area contributed by atoms with Crippen molar-refractivity contribution in [2.24, 2.45) is 0 Å². The van der Waals surface area contributed by atoms with E-state index in [0.29, 0.717) is 6.54 Å². The number of benzene rings is 1. The molecule has 2 rings (SSSR count). The van der Waals surface area contributed by atoms with E-state index in [1.165, 1.54) is 12.1 Å². The number of rotatable bonds is 4. The Kier molecular flexibility index (Phi) is 3.97. The standard InChI is InChI=1S/C13H13BrFNO/c1-9(12-6-7-13(14)17-12)16-8-10-2-4-11(15)5-3-10/h2-7,9,16H,8H2,1H3. The van der Waals surface area contributed by atoms with E-state index in [4.69, 9.17) is 4.42 Å². The van der Waals surface area contributed by atoms with Gasteiger partial charge in [0.05, 0.1) is 6.04 Å². The Balaban J connectivity index is 1.92. The molecule has 1 N–H and O–H groups in total. The zero-order chi connectivity index (χ0) is 12.3. The van der Waals surface area contributed by atoms with Gasteiger partial charge in [0.15, 0.2) is 4.67 Å². The van der Waals surface area contributed by atoms with Crippen molar-refractivity contribution in [2.45, 2.75) is 19.5 Å². The van der Waals surface area contributed by atoms with Gasteiger partial charge in [-0.2, -0.15) is 0 Å². The van der Waals surface area contributed by atoms with Crippen LogP contribution in [0.3, 0.4) is 0 Å². The predicted molar refractivity (Wildman–Crippen MR) is 68.1 cm³/mol. The second kappa shape index (κ2) is 5.47. The van der Waals surface area contributed by atoms with Gasteiger partial charge < -0.3 is 9.73 Å². The normalized spacial score (nSPS) is 12.6. The highest BCUT2D eigenvalue weighted by Crippen LogP contribution is 2.20. The minimum Gasteiger partial charge on any atom is -0.453 e. The summed E-state index contributed by atoms with van der Waals surface area (Å²) in [7, 11) is 0. The maximum absolute atomic E-state index is 12.7. The van der Waals surface area contributed by atoms with Gasteiger partial charge in [-0.25, -0.2) is 4.39 Å². The molecule has 2 aromatic rings. The maximum Gasteiger partial charge on any atom is 0.169 e. The Morgan fingerprint density at radius 1 is 1.24 bits per heavy atom. The van der Waals surface area contributed by atoms with Crippen LogP contribution in [0, 0.1) is 5.82 Å². The summed E-state index contributed by atoms with van der Waals surface area (Å²) in [5.74, 6) is 0.663. The summed E-state index contributed by atoms with van der Waals surface area (Å²) in [6.07, 6.45) is 0. The van der Waals surface area contributed by atoms with Crippen LogP contribution in [-0.2, 0) is 6.54 Å². The summed E-state index contributed by atoms with van der Waals surface area (Å²) in [4.78, 5) is 0. The van der Waals surface area contributed by atoms with E-state index in [1.54, 1.807) is 12.1 Å². The van der Waals surface area contributed by atoms with Crippen LogP contribution in [0.5, 0.6) is 0 Å². The van der Waals surface area contributed by atoms with E-state index >= 15 is 0 Å². The van der Waals surface area contributed by atoms with Gasteiger partial charge in [0.2, 0.25) is 0 Å². The summed E-state index contributed by atoms with van der Waals surface area (Å²) < 4.78 is 18.9. The summed E-state index contributed by atoms with van der Waals surface area (Å²) in [5.41, 5.74) is 1.05. The lowest BCUT2D eigenvalue weighted by molar-refractivity contribution is 0.418. The Morgan fingerprint density at radius 3 is 2.53 bits per heavy atom. The maximum atomic E-state index is 12.7. The quantitative estimate of drug-likeness (QED) is 0.922. The fourth-order valence-corrected chi connectivity index (χ4v) is 1.85. The second-order valence-electron chi connectivity index (χ2n) is 3.87. The number of hydrogen-bond donors (Lipinski definition) is 1. The van der Waals surface area contributed by atoms with E-state index in [-0.39, 0.29) is 11.9 Å². The van der Waals surface area contributed by atoms with Gasteiger partial charge in [-0.1, -0.05) is 12.1 Å². The van der Waals surface area contributed by atoms with Crippen LogP contribution >= 0.6 is 15.9 Å². The van der Waals surface area contributed by atoms with Crippen LogP contribution in [0.4, 0.5) is 4.39 Å². The molecule has 4 heteroatoms. The van der Waals surface area contributed by atoms with Gasteiger partial charge in [0.1, 0.15) is 11.6 Å². The number of nitrogens with one attached hydrogen (secondary N) is 1. The van der Waals surface area contributed by atoms with Crippen LogP contribution in [0.15, 0.2) is 45.5 Å². The molecule has 0 aliphatic rings. The molecule has 1 aromatic heterocycles. The second-order valence-corrected chi connectivity index (χ2v) is 4.65. The molecular formula is C13H13BrFNO. The molecule has 0 fully saturated rings. The van der Waals surface area contributed by atoms with Crippen molar-refractivity contribution in [3.8, 4) is 0 Å². The Labute approximate surface area is 108 Å². The molecule has 0 aliphatic heterocycles. The molecule has 0 saturated carbocycles. The van der Waals surface area contributed by atoms with Crippen LogP contribution in [0.1, 0.15) is 24.3 Å². The SMILES string of the molecule is CC(NCc1ccc(F)cc1)c1ccc(Br)o1. The van der Waals surface area contributed by atoms with Gasteiger partial charge in [0.25, 0.3) is 0 Å². The first-order valence-electron chi connectivity index (χ1n) is 5.38. The monoisotopic (exact) mass is 297 g/mol. The molecule has 1 heterocycles. The third-order valence-electron chi connectivity index (χ3n) is 2.55. The molecule has 2 nitrogen and oxygen atoms in total. The Morgan fingerprint density at radius 2 is 1.94 bits per heavy atom. The highest BCUT2D eigenvalue weighted by molar-refractivity contribution is 9.10. The van der Waals surface area contributed by atoms with Crippen LogP contribution in [0.2, 0.25) is 0 Å². The highest BCUT2D eigenvalue weighted by Gasteiger charge is 2.08. The zero-order valence-electron chi connectivity index (χ0n) is 9.41. The lowest BCUT2D eigenvalue weighted by Crippen LogP contribution is -2.17. The van der Waals surface area contributed by atoms with Crippen molar-refractivity contribution in [2.75, 3.05) is 0 Å². The lowest BCUT2D eigenvalue weighted by atomic mass is 10.2. The summed E-state index contributed by atoms with van der Waals surface area (Å²) in [6, 6.07) is 10.4. The van der Waals surface area contributed by atoms with E-state index in [2.05, 4.69) is 21.2 Å². The van der Waals surface area contributed by atoms with Crippen LogP contribution in [0.25, 0.3) is 0 Å². The molecule has 0 spiro atoms. The number of furan rings is 1. The molecule has 0 bridgehead atoms. The number of hydrogen-bond acceptors (Lipinski definition) is 2. The van der Waals surface area contributed by atoms with Crippen molar-refractivity contribution in [1.29, 1.82) is 0 Å². The molecular weight excluding hydrogens is 285 g/mol. The minimum atomic E-state index is -0.211. The molecule has 1 atom stereocenters. The highest BCUT2D eigenvalue weighted by atomic mass is 79.9. The average Bonchev–Trinajstić information content (AvgIpc) is 2.75. The Hall–Kier alpha value is -1.13. The minimum absolute atomic E-state index is 0.117. The van der Waals surface area contributed by atoms with Crippen molar-refractivity contribution in [3.05, 3.63) is 58.2 Å². The van der Waals surface area contributed by atoms with Crippen molar-refractivity contribution in [1.82, 2.24) is 5.32 Å². The summed E-state index contributed by atoms with van der Waals surface area (Å²) in [5, 5.41) is 3.31. The van der Waals surface area contributed by atoms with Gasteiger partial charge in [-0.15, -0.1) is 0 Å². The van der Waals surface area contributed by atoms with Gasteiger partial charge in [0, 0.05) is 6.54 Å².